The summed E-state index contributed by atoms with van der Waals surface area (Å²) in [6.07, 6.45) is 1.38. The molecule has 2 N–H and O–H groups in total. The Bertz CT molecular complexity index is 1310. The molecule has 184 valence electrons. The second-order valence-electron chi connectivity index (χ2n) is 8.51. The summed E-state index contributed by atoms with van der Waals surface area (Å²) in [4.78, 5) is 40.6. The van der Waals surface area contributed by atoms with Crippen LogP contribution in [0.4, 0.5) is 16.2 Å². The minimum atomic E-state index is -1.06. The normalized spacial score (nSPS) is 15.0. The largest absolute Gasteiger partial charge is 0.462 e. The Labute approximate surface area is 214 Å². The molecular weight excluding hydrogens is 478 g/mol. The van der Waals surface area contributed by atoms with Crippen LogP contribution in [0.3, 0.4) is 0 Å². The SMILES string of the molecule is CC(C)OC(=O)CN1C(=O)C(NC(=O)Nc2cccc(Cl)c2)C=C(c2ccccc2)c2ccccc21. The Hall–Kier alpha value is -4.10. The number of urea groups is 1. The number of carbonyl (C=O) groups excluding carboxylic acids is 3. The minimum Gasteiger partial charge on any atom is -0.462 e. The first-order valence-corrected chi connectivity index (χ1v) is 11.9. The van der Waals surface area contributed by atoms with Crippen LogP contribution in [0.5, 0.6) is 0 Å². The van der Waals surface area contributed by atoms with Gasteiger partial charge in [-0.1, -0.05) is 66.2 Å². The topological polar surface area (TPSA) is 87.7 Å². The Morgan fingerprint density at radius 1 is 1.00 bits per heavy atom. The number of ether oxygens (including phenoxy) is 1. The maximum atomic E-state index is 13.8. The van der Waals surface area contributed by atoms with Crippen molar-refractivity contribution in [2.24, 2.45) is 0 Å². The third-order valence-corrected chi connectivity index (χ3v) is 5.69. The summed E-state index contributed by atoms with van der Waals surface area (Å²) in [5.74, 6) is -1.01. The summed E-state index contributed by atoms with van der Waals surface area (Å²) in [6.45, 7) is 3.20. The fraction of sp³-hybridized carbons (Fsp3) is 0.179. The van der Waals surface area contributed by atoms with E-state index in [1.165, 1.54) is 4.90 Å². The van der Waals surface area contributed by atoms with Crippen LogP contribution in [0.25, 0.3) is 5.57 Å². The molecule has 3 aromatic rings. The molecule has 0 aromatic heterocycles. The number of carbonyl (C=O) groups is 3. The van der Waals surface area contributed by atoms with Crippen LogP contribution in [-0.4, -0.2) is 36.6 Å². The molecule has 4 rings (SSSR count). The molecule has 8 heteroatoms. The predicted molar refractivity (Wildman–Crippen MR) is 141 cm³/mol. The summed E-state index contributed by atoms with van der Waals surface area (Å²) in [5.41, 5.74) is 3.42. The molecule has 0 saturated carbocycles. The maximum absolute atomic E-state index is 13.8. The number of hydrogen-bond donors (Lipinski definition) is 2. The molecule has 0 aliphatic carbocycles. The summed E-state index contributed by atoms with van der Waals surface area (Å²) in [5, 5.41) is 5.91. The van der Waals surface area contributed by atoms with E-state index in [-0.39, 0.29) is 12.6 Å². The predicted octanol–water partition coefficient (Wildman–Crippen LogP) is 5.26. The summed E-state index contributed by atoms with van der Waals surface area (Å²) in [7, 11) is 0. The van der Waals surface area contributed by atoms with Gasteiger partial charge in [-0.05, 0) is 55.3 Å². The van der Waals surface area contributed by atoms with E-state index in [1.807, 2.05) is 42.5 Å². The molecule has 1 aliphatic heterocycles. The van der Waals surface area contributed by atoms with Gasteiger partial charge < -0.3 is 15.4 Å². The standard InChI is InChI=1S/C28H26ClN3O4/c1-18(2)36-26(33)17-32-25-14-7-6-13-22(25)23(19-9-4-3-5-10-19)16-24(27(32)34)31-28(35)30-21-12-8-11-20(29)15-21/h3-16,18,24H,17H2,1-2H3,(H2,30,31,35). The molecule has 1 atom stereocenters. The second kappa shape index (κ2) is 11.1. The van der Waals surface area contributed by atoms with Gasteiger partial charge in [-0.2, -0.15) is 0 Å². The van der Waals surface area contributed by atoms with Crippen molar-refractivity contribution >= 4 is 46.5 Å². The van der Waals surface area contributed by atoms with Gasteiger partial charge in [0.1, 0.15) is 12.6 Å². The highest BCUT2D eigenvalue weighted by Gasteiger charge is 2.33. The number of benzene rings is 3. The number of esters is 1. The third-order valence-electron chi connectivity index (χ3n) is 5.46. The first-order valence-electron chi connectivity index (χ1n) is 11.5. The number of hydrogen-bond acceptors (Lipinski definition) is 4. The smallest absolute Gasteiger partial charge is 0.326 e. The zero-order chi connectivity index (χ0) is 25.7. The molecule has 0 bridgehead atoms. The third kappa shape index (κ3) is 5.93. The minimum absolute atomic E-state index is 0.294. The zero-order valence-electron chi connectivity index (χ0n) is 19.9. The van der Waals surface area contributed by atoms with Crippen molar-refractivity contribution in [1.82, 2.24) is 5.32 Å². The lowest BCUT2D eigenvalue weighted by molar-refractivity contribution is -0.146. The number of halogens is 1. The van der Waals surface area contributed by atoms with Crippen LogP contribution < -0.4 is 15.5 Å². The maximum Gasteiger partial charge on any atom is 0.326 e. The van der Waals surface area contributed by atoms with E-state index in [4.69, 9.17) is 16.3 Å². The number of anilines is 2. The van der Waals surface area contributed by atoms with Crippen molar-refractivity contribution in [2.45, 2.75) is 26.0 Å². The molecule has 0 fully saturated rings. The van der Waals surface area contributed by atoms with E-state index < -0.39 is 23.9 Å². The summed E-state index contributed by atoms with van der Waals surface area (Å²) >= 11 is 6.02. The van der Waals surface area contributed by atoms with E-state index >= 15 is 0 Å². The van der Waals surface area contributed by atoms with Crippen LogP contribution in [-0.2, 0) is 14.3 Å². The van der Waals surface area contributed by atoms with Crippen molar-refractivity contribution in [2.75, 3.05) is 16.8 Å². The lowest BCUT2D eigenvalue weighted by Crippen LogP contribution is -2.50. The Morgan fingerprint density at radius 2 is 1.72 bits per heavy atom. The lowest BCUT2D eigenvalue weighted by atomic mass is 9.95. The van der Waals surface area contributed by atoms with Crippen LogP contribution in [0, 0.1) is 0 Å². The number of rotatable bonds is 6. The van der Waals surface area contributed by atoms with Crippen LogP contribution >= 0.6 is 11.6 Å². The highest BCUT2D eigenvalue weighted by Crippen LogP contribution is 2.35. The first-order chi connectivity index (χ1) is 17.3. The van der Waals surface area contributed by atoms with Gasteiger partial charge in [0.25, 0.3) is 5.91 Å². The van der Waals surface area contributed by atoms with Crippen LogP contribution in [0.2, 0.25) is 5.02 Å². The van der Waals surface area contributed by atoms with Gasteiger partial charge in [-0.25, -0.2) is 4.79 Å². The molecule has 3 amide bonds. The van der Waals surface area contributed by atoms with E-state index in [2.05, 4.69) is 10.6 Å². The van der Waals surface area contributed by atoms with Crippen molar-refractivity contribution in [3.63, 3.8) is 0 Å². The number of amides is 3. The molecule has 36 heavy (non-hydrogen) atoms. The highest BCUT2D eigenvalue weighted by atomic mass is 35.5. The van der Waals surface area contributed by atoms with Crippen LogP contribution in [0.1, 0.15) is 25.0 Å². The molecule has 1 aliphatic rings. The molecule has 0 radical (unpaired) electrons. The van der Waals surface area contributed by atoms with E-state index in [1.54, 1.807) is 56.3 Å². The van der Waals surface area contributed by atoms with Gasteiger partial charge in [0.15, 0.2) is 0 Å². The molecule has 3 aromatic carbocycles. The van der Waals surface area contributed by atoms with Crippen LogP contribution in [0.15, 0.2) is 84.9 Å². The van der Waals surface area contributed by atoms with Crippen molar-refractivity contribution in [3.05, 3.63) is 101 Å². The number of nitrogens with zero attached hydrogens (tertiary/aromatic N) is 1. The molecule has 0 spiro atoms. The highest BCUT2D eigenvalue weighted by molar-refractivity contribution is 6.30. The fourth-order valence-corrected chi connectivity index (χ4v) is 4.18. The molecule has 7 nitrogen and oxygen atoms in total. The average Bonchev–Trinajstić information content (AvgIpc) is 2.95. The van der Waals surface area contributed by atoms with E-state index in [9.17, 15) is 14.4 Å². The van der Waals surface area contributed by atoms with Crippen molar-refractivity contribution < 1.29 is 19.1 Å². The lowest BCUT2D eigenvalue weighted by Gasteiger charge is -2.26. The number of nitrogens with one attached hydrogen (secondary N) is 2. The van der Waals surface area contributed by atoms with Gasteiger partial charge in [0.2, 0.25) is 0 Å². The van der Waals surface area contributed by atoms with Gasteiger partial charge in [-0.3, -0.25) is 14.5 Å². The van der Waals surface area contributed by atoms with Gasteiger partial charge in [0, 0.05) is 16.3 Å². The summed E-state index contributed by atoms with van der Waals surface area (Å²) < 4.78 is 5.31. The van der Waals surface area contributed by atoms with Crippen molar-refractivity contribution in [3.8, 4) is 0 Å². The first kappa shape index (κ1) is 25.0. The molecule has 0 saturated heterocycles. The molecular formula is C28H26ClN3O4. The monoisotopic (exact) mass is 503 g/mol. The van der Waals surface area contributed by atoms with Gasteiger partial charge >= 0.3 is 12.0 Å². The second-order valence-corrected chi connectivity index (χ2v) is 8.95. The van der Waals surface area contributed by atoms with Gasteiger partial charge in [0.05, 0.1) is 11.8 Å². The van der Waals surface area contributed by atoms with Gasteiger partial charge in [-0.15, -0.1) is 0 Å². The Kier molecular flexibility index (Phi) is 7.71. The quantitative estimate of drug-likeness (QED) is 0.449. The number of para-hydroxylation sites is 1. The Balaban J connectivity index is 1.73. The Morgan fingerprint density at radius 3 is 2.44 bits per heavy atom. The molecule has 1 unspecified atom stereocenters. The zero-order valence-corrected chi connectivity index (χ0v) is 20.7. The average molecular weight is 504 g/mol. The fourth-order valence-electron chi connectivity index (χ4n) is 3.99. The molecule has 1 heterocycles. The van der Waals surface area contributed by atoms with E-state index in [0.29, 0.717) is 16.4 Å². The number of fused-ring (bicyclic) bond motifs is 1. The van der Waals surface area contributed by atoms with E-state index in [0.717, 1.165) is 16.7 Å². The van der Waals surface area contributed by atoms with Crippen molar-refractivity contribution in [1.29, 1.82) is 0 Å². The summed E-state index contributed by atoms with van der Waals surface area (Å²) in [6, 6.07) is 21.9.